The molecule has 4 rings (SSSR count). The predicted octanol–water partition coefficient (Wildman–Crippen LogP) is 2.96. The number of thiazole rings is 1. The maximum Gasteiger partial charge on any atom is 0.244 e. The Morgan fingerprint density at radius 1 is 1.26 bits per heavy atom. The van der Waals surface area contributed by atoms with Gasteiger partial charge in [0.25, 0.3) is 0 Å². The number of amides is 2. The van der Waals surface area contributed by atoms with Crippen molar-refractivity contribution >= 4 is 46.7 Å². The van der Waals surface area contributed by atoms with Gasteiger partial charge in [-0.2, -0.15) is 0 Å². The van der Waals surface area contributed by atoms with Crippen LogP contribution in [0.3, 0.4) is 0 Å². The van der Waals surface area contributed by atoms with Crippen LogP contribution in [0.5, 0.6) is 0 Å². The topological polar surface area (TPSA) is 144 Å². The first-order valence-electron chi connectivity index (χ1n) is 13.1. The number of Topliss-reactive ketones (excluding diaryl/α,β-unsaturated/α-hetero) is 1. The molecule has 38 heavy (non-hydrogen) atoms. The first kappa shape index (κ1) is 28.1. The van der Waals surface area contributed by atoms with Crippen molar-refractivity contribution in [2.75, 3.05) is 12.3 Å². The number of nitrogens with two attached hydrogens (primary N) is 2. The Balaban J connectivity index is 1.41. The van der Waals surface area contributed by atoms with E-state index < -0.39 is 17.0 Å². The van der Waals surface area contributed by atoms with Crippen LogP contribution in [0, 0.1) is 5.92 Å². The van der Waals surface area contributed by atoms with Crippen molar-refractivity contribution in [1.82, 2.24) is 15.2 Å². The highest BCUT2D eigenvalue weighted by Gasteiger charge is 2.53. The minimum absolute atomic E-state index is 0.0129. The molecule has 2 fully saturated rings. The molecule has 0 spiro atoms. The summed E-state index contributed by atoms with van der Waals surface area (Å²) in [5, 5.41) is 5.02. The van der Waals surface area contributed by atoms with E-state index in [0.29, 0.717) is 30.1 Å². The van der Waals surface area contributed by atoms with Crippen LogP contribution in [0.1, 0.15) is 60.8 Å². The van der Waals surface area contributed by atoms with Gasteiger partial charge in [0, 0.05) is 29.8 Å². The molecule has 0 bridgehead atoms. The minimum atomic E-state index is -0.763. The maximum atomic E-state index is 13.7. The second-order valence-electron chi connectivity index (χ2n) is 10.0. The Bertz CT molecular complexity index is 1140. The second kappa shape index (κ2) is 12.8. The molecular weight excluding hydrogens is 520 g/mol. The molecule has 1 aromatic heterocycles. The molecule has 204 valence electrons. The van der Waals surface area contributed by atoms with E-state index in [2.05, 4.69) is 34.3 Å². The zero-order valence-electron chi connectivity index (χ0n) is 21.7. The van der Waals surface area contributed by atoms with Crippen LogP contribution in [-0.4, -0.2) is 62.7 Å². The molecule has 2 saturated heterocycles. The zero-order valence-corrected chi connectivity index (χ0v) is 23.3. The predicted molar refractivity (Wildman–Crippen MR) is 152 cm³/mol. The van der Waals surface area contributed by atoms with Gasteiger partial charge in [0.1, 0.15) is 6.04 Å². The highest BCUT2D eigenvalue weighted by atomic mass is 32.2. The number of nitrogens with zero attached hydrogens (tertiary/aromatic N) is 3. The fourth-order valence-corrected chi connectivity index (χ4v) is 7.33. The van der Waals surface area contributed by atoms with Crippen LogP contribution >= 0.6 is 23.1 Å². The Morgan fingerprint density at radius 2 is 2.05 bits per heavy atom. The third-order valence-electron chi connectivity index (χ3n) is 7.30. The summed E-state index contributed by atoms with van der Waals surface area (Å²) < 4.78 is 0. The highest BCUT2D eigenvalue weighted by molar-refractivity contribution is 8.00. The zero-order chi connectivity index (χ0) is 27.1. The number of ketones is 1. The van der Waals surface area contributed by atoms with Crippen LogP contribution in [0.15, 0.2) is 46.9 Å². The molecule has 2 aromatic rings. The maximum absolute atomic E-state index is 13.7. The number of rotatable bonds is 12. The van der Waals surface area contributed by atoms with E-state index >= 15 is 0 Å². The standard InChI is InChI=1S/C27H36N6O3S2/c1-27-13-12-19(10-5-9-18-7-3-2-4-8-18)25(36)33(27)21(17-38-27)23(35)32-20(11-6-14-31-26(28)29)22(34)24-30-15-16-37-24/h2-4,7-8,15-16,19-21H,5-6,9-14,17H2,1H3,(H,32,35)(H4,28,29,31). The summed E-state index contributed by atoms with van der Waals surface area (Å²) in [6, 6.07) is 8.91. The van der Waals surface area contributed by atoms with Gasteiger partial charge in [0.2, 0.25) is 17.6 Å². The van der Waals surface area contributed by atoms with Crippen molar-refractivity contribution < 1.29 is 14.4 Å². The minimum Gasteiger partial charge on any atom is -0.370 e. The van der Waals surface area contributed by atoms with Crippen molar-refractivity contribution in [2.24, 2.45) is 22.4 Å². The summed E-state index contributed by atoms with van der Waals surface area (Å²) >= 11 is 2.89. The Kier molecular flexibility index (Phi) is 9.43. The van der Waals surface area contributed by atoms with Gasteiger partial charge in [-0.25, -0.2) is 4.98 Å². The van der Waals surface area contributed by atoms with E-state index in [9.17, 15) is 14.4 Å². The van der Waals surface area contributed by atoms with Crippen molar-refractivity contribution in [3.8, 4) is 0 Å². The number of fused-ring (bicyclic) bond motifs is 1. The molecule has 9 nitrogen and oxygen atoms in total. The number of carbonyl (C=O) groups excluding carboxylic acids is 3. The molecule has 2 amide bonds. The normalized spacial score (nSPS) is 23.5. The number of thioether (sulfide) groups is 1. The van der Waals surface area contributed by atoms with Crippen molar-refractivity contribution in [2.45, 2.75) is 68.8 Å². The molecule has 4 atom stereocenters. The lowest BCUT2D eigenvalue weighted by molar-refractivity contribution is -0.149. The molecule has 0 aliphatic carbocycles. The lowest BCUT2D eigenvalue weighted by Gasteiger charge is -2.44. The average molecular weight is 557 g/mol. The Labute approximate surface area is 231 Å². The highest BCUT2D eigenvalue weighted by Crippen LogP contribution is 2.48. The second-order valence-corrected chi connectivity index (χ2v) is 12.4. The van der Waals surface area contributed by atoms with Gasteiger partial charge in [-0.15, -0.1) is 23.1 Å². The van der Waals surface area contributed by atoms with Gasteiger partial charge in [-0.1, -0.05) is 30.3 Å². The van der Waals surface area contributed by atoms with Gasteiger partial charge < -0.3 is 21.7 Å². The van der Waals surface area contributed by atoms with E-state index in [4.69, 9.17) is 11.5 Å². The van der Waals surface area contributed by atoms with Crippen LogP contribution < -0.4 is 16.8 Å². The fourth-order valence-electron chi connectivity index (χ4n) is 5.27. The molecule has 2 aliphatic rings. The summed E-state index contributed by atoms with van der Waals surface area (Å²) in [6.45, 7) is 2.41. The fraction of sp³-hybridized carbons (Fsp3) is 0.519. The number of guanidine groups is 1. The van der Waals surface area contributed by atoms with E-state index in [1.54, 1.807) is 28.2 Å². The first-order valence-corrected chi connectivity index (χ1v) is 15.0. The Hall–Kier alpha value is -2.92. The van der Waals surface area contributed by atoms with Crippen LogP contribution in [0.4, 0.5) is 0 Å². The number of aromatic nitrogens is 1. The van der Waals surface area contributed by atoms with Gasteiger partial charge in [0.15, 0.2) is 11.0 Å². The van der Waals surface area contributed by atoms with E-state index in [0.717, 1.165) is 32.1 Å². The smallest absolute Gasteiger partial charge is 0.244 e. The molecular formula is C27H36N6O3S2. The summed E-state index contributed by atoms with van der Waals surface area (Å²) in [4.78, 5) is 49.9. The average Bonchev–Trinajstić information content (AvgIpc) is 3.56. The third kappa shape index (κ3) is 6.74. The lowest BCUT2D eigenvalue weighted by atomic mass is 9.87. The summed E-state index contributed by atoms with van der Waals surface area (Å²) in [5.41, 5.74) is 12.1. The molecule has 4 unspecified atom stereocenters. The molecule has 0 radical (unpaired) electrons. The quantitative estimate of drug-likeness (QED) is 0.158. The van der Waals surface area contributed by atoms with E-state index in [1.165, 1.54) is 16.9 Å². The Morgan fingerprint density at radius 3 is 2.76 bits per heavy atom. The molecule has 3 heterocycles. The van der Waals surface area contributed by atoms with Crippen molar-refractivity contribution in [1.29, 1.82) is 0 Å². The van der Waals surface area contributed by atoms with Gasteiger partial charge >= 0.3 is 0 Å². The molecule has 1 aromatic carbocycles. The van der Waals surface area contributed by atoms with E-state index in [1.807, 2.05) is 18.2 Å². The molecule has 11 heteroatoms. The van der Waals surface area contributed by atoms with Crippen LogP contribution in [0.25, 0.3) is 0 Å². The number of nitrogens with one attached hydrogen (secondary N) is 1. The lowest BCUT2D eigenvalue weighted by Crippen LogP contribution is -2.59. The number of benzene rings is 1. The number of carbonyl (C=O) groups is 3. The summed E-state index contributed by atoms with van der Waals surface area (Å²) in [7, 11) is 0. The van der Waals surface area contributed by atoms with E-state index in [-0.39, 0.29) is 29.5 Å². The third-order valence-corrected chi connectivity index (χ3v) is 9.59. The summed E-state index contributed by atoms with van der Waals surface area (Å²) in [6.07, 6.45) is 6.80. The first-order chi connectivity index (χ1) is 18.3. The van der Waals surface area contributed by atoms with Crippen LogP contribution in [0.2, 0.25) is 0 Å². The summed E-state index contributed by atoms with van der Waals surface area (Å²) in [5.74, 6) is -0.0788. The van der Waals surface area contributed by atoms with Gasteiger partial charge in [0.05, 0.1) is 10.9 Å². The molecule has 5 N–H and O–H groups in total. The largest absolute Gasteiger partial charge is 0.370 e. The number of aliphatic imine (C=N–C) groups is 1. The number of hydrogen-bond donors (Lipinski definition) is 3. The number of hydrogen-bond acceptors (Lipinski definition) is 7. The van der Waals surface area contributed by atoms with Crippen molar-refractivity contribution in [3.05, 3.63) is 52.5 Å². The van der Waals surface area contributed by atoms with Crippen molar-refractivity contribution in [3.63, 3.8) is 0 Å². The molecule has 2 aliphatic heterocycles. The monoisotopic (exact) mass is 556 g/mol. The van der Waals surface area contributed by atoms with Crippen LogP contribution in [-0.2, 0) is 16.0 Å². The molecule has 0 saturated carbocycles. The van der Waals surface area contributed by atoms with Gasteiger partial charge in [-0.05, 0) is 57.4 Å². The SMILES string of the molecule is CC12CCC(CCCc3ccccc3)C(=O)N1C(C(=O)NC(CCCN=C(N)N)C(=O)c1nccs1)CS2. The van der Waals surface area contributed by atoms with Gasteiger partial charge in [-0.3, -0.25) is 19.4 Å². The number of aryl methyl sites for hydroxylation is 1. The number of piperidine rings is 1.